The van der Waals surface area contributed by atoms with Gasteiger partial charge in [0.1, 0.15) is 5.75 Å². The molecule has 0 saturated carbocycles. The van der Waals surface area contributed by atoms with Crippen LogP contribution in [0.2, 0.25) is 0 Å². The topological polar surface area (TPSA) is 46.5 Å². The molecule has 0 saturated heterocycles. The third-order valence-electron chi connectivity index (χ3n) is 2.17. The van der Waals surface area contributed by atoms with Crippen molar-refractivity contribution in [1.82, 2.24) is 0 Å². The molecule has 1 aromatic carbocycles. The van der Waals surface area contributed by atoms with Gasteiger partial charge in [-0.3, -0.25) is 0 Å². The second kappa shape index (κ2) is 5.35. The van der Waals surface area contributed by atoms with E-state index in [1.807, 2.05) is 6.92 Å². The minimum atomic E-state index is -0.899. The summed E-state index contributed by atoms with van der Waals surface area (Å²) in [6.45, 7) is 6.10. The van der Waals surface area contributed by atoms with Gasteiger partial charge in [-0.15, -0.1) is 0 Å². The number of benzene rings is 1. The number of aliphatic carboxylic acids is 1. The maximum absolute atomic E-state index is 11.1. The fourth-order valence-electron chi connectivity index (χ4n) is 1.51. The van der Waals surface area contributed by atoms with E-state index in [0.29, 0.717) is 17.7 Å². The molecule has 3 heteroatoms. The number of rotatable bonds is 4. The van der Waals surface area contributed by atoms with E-state index in [1.165, 1.54) is 0 Å². The van der Waals surface area contributed by atoms with E-state index in [9.17, 15) is 4.79 Å². The molecule has 86 valence electrons. The summed E-state index contributed by atoms with van der Waals surface area (Å²) < 4.78 is 5.30. The minimum absolute atomic E-state index is 0.350. The SMILES string of the molecule is CCOc1ccc(C(C(=O)O)=C(C)C)cc1. The van der Waals surface area contributed by atoms with Gasteiger partial charge in [0.25, 0.3) is 0 Å². The van der Waals surface area contributed by atoms with Crippen LogP contribution in [0.1, 0.15) is 26.3 Å². The average Bonchev–Trinajstić information content (AvgIpc) is 2.20. The van der Waals surface area contributed by atoms with Crippen molar-refractivity contribution in [3.63, 3.8) is 0 Å². The van der Waals surface area contributed by atoms with E-state index in [4.69, 9.17) is 9.84 Å². The smallest absolute Gasteiger partial charge is 0.336 e. The van der Waals surface area contributed by atoms with Gasteiger partial charge in [-0.2, -0.15) is 0 Å². The lowest BCUT2D eigenvalue weighted by Gasteiger charge is -2.07. The van der Waals surface area contributed by atoms with Gasteiger partial charge in [0.05, 0.1) is 12.2 Å². The molecule has 1 aromatic rings. The van der Waals surface area contributed by atoms with Crippen molar-refractivity contribution in [2.75, 3.05) is 6.61 Å². The monoisotopic (exact) mass is 220 g/mol. The highest BCUT2D eigenvalue weighted by Crippen LogP contribution is 2.21. The van der Waals surface area contributed by atoms with E-state index in [1.54, 1.807) is 38.1 Å². The molecule has 0 heterocycles. The molecule has 0 aliphatic rings. The summed E-state index contributed by atoms with van der Waals surface area (Å²) in [5, 5.41) is 9.08. The molecule has 0 fully saturated rings. The number of hydrogen-bond donors (Lipinski definition) is 1. The number of ether oxygens (including phenoxy) is 1. The van der Waals surface area contributed by atoms with Crippen molar-refractivity contribution in [1.29, 1.82) is 0 Å². The van der Waals surface area contributed by atoms with Gasteiger partial charge in [0, 0.05) is 0 Å². The van der Waals surface area contributed by atoms with Crippen LogP contribution in [0.25, 0.3) is 5.57 Å². The van der Waals surface area contributed by atoms with Crippen molar-refractivity contribution in [3.05, 3.63) is 35.4 Å². The summed E-state index contributed by atoms with van der Waals surface area (Å²) in [7, 11) is 0. The number of carboxylic acids is 1. The fourth-order valence-corrected chi connectivity index (χ4v) is 1.51. The Balaban J connectivity index is 3.05. The van der Waals surface area contributed by atoms with Crippen molar-refractivity contribution >= 4 is 11.5 Å². The van der Waals surface area contributed by atoms with Crippen LogP contribution in [0.15, 0.2) is 29.8 Å². The Hall–Kier alpha value is -1.77. The van der Waals surface area contributed by atoms with Crippen LogP contribution in [-0.2, 0) is 4.79 Å². The van der Waals surface area contributed by atoms with Gasteiger partial charge in [-0.05, 0) is 38.5 Å². The zero-order valence-electron chi connectivity index (χ0n) is 9.78. The molecule has 0 aliphatic carbocycles. The summed E-state index contributed by atoms with van der Waals surface area (Å²) in [4.78, 5) is 11.1. The fraction of sp³-hybridized carbons (Fsp3) is 0.308. The first-order valence-electron chi connectivity index (χ1n) is 5.20. The lowest BCUT2D eigenvalue weighted by Crippen LogP contribution is -2.01. The highest BCUT2D eigenvalue weighted by Gasteiger charge is 2.11. The lowest BCUT2D eigenvalue weighted by molar-refractivity contribution is -0.130. The van der Waals surface area contributed by atoms with Crippen molar-refractivity contribution in [2.24, 2.45) is 0 Å². The van der Waals surface area contributed by atoms with E-state index in [2.05, 4.69) is 0 Å². The van der Waals surface area contributed by atoms with E-state index in [0.717, 1.165) is 11.3 Å². The first-order valence-corrected chi connectivity index (χ1v) is 5.20. The molecule has 0 unspecified atom stereocenters. The van der Waals surface area contributed by atoms with E-state index >= 15 is 0 Å². The Labute approximate surface area is 95.4 Å². The minimum Gasteiger partial charge on any atom is -0.494 e. The van der Waals surface area contributed by atoms with Gasteiger partial charge in [0.15, 0.2) is 0 Å². The van der Waals surface area contributed by atoms with Gasteiger partial charge in [0.2, 0.25) is 0 Å². The first-order chi connectivity index (χ1) is 7.56. The molecule has 0 aliphatic heterocycles. The summed E-state index contributed by atoms with van der Waals surface area (Å²) in [6, 6.07) is 7.10. The van der Waals surface area contributed by atoms with Crippen LogP contribution in [0.4, 0.5) is 0 Å². The van der Waals surface area contributed by atoms with Crippen molar-refractivity contribution in [3.8, 4) is 5.75 Å². The van der Waals surface area contributed by atoms with Crippen LogP contribution >= 0.6 is 0 Å². The zero-order valence-corrected chi connectivity index (χ0v) is 9.78. The maximum Gasteiger partial charge on any atom is 0.336 e. The molecular weight excluding hydrogens is 204 g/mol. The molecule has 0 radical (unpaired) electrons. The highest BCUT2D eigenvalue weighted by molar-refractivity contribution is 6.16. The van der Waals surface area contributed by atoms with Gasteiger partial charge in [-0.1, -0.05) is 17.7 Å². The predicted molar refractivity (Wildman–Crippen MR) is 63.5 cm³/mol. The molecule has 0 bridgehead atoms. The number of carboxylic acid groups (broad SMARTS) is 1. The summed E-state index contributed by atoms with van der Waals surface area (Å²) in [5.74, 6) is -0.145. The summed E-state index contributed by atoms with van der Waals surface area (Å²) >= 11 is 0. The predicted octanol–water partition coefficient (Wildman–Crippen LogP) is 2.96. The molecule has 0 aromatic heterocycles. The van der Waals surface area contributed by atoms with Crippen LogP contribution in [0, 0.1) is 0 Å². The third-order valence-corrected chi connectivity index (χ3v) is 2.17. The van der Waals surface area contributed by atoms with Crippen LogP contribution in [0.5, 0.6) is 5.75 Å². The maximum atomic E-state index is 11.1. The standard InChI is InChI=1S/C13H16O3/c1-4-16-11-7-5-10(6-8-11)12(9(2)3)13(14)15/h5-8H,4H2,1-3H3,(H,14,15). The van der Waals surface area contributed by atoms with Crippen molar-refractivity contribution < 1.29 is 14.6 Å². The third kappa shape index (κ3) is 2.86. The van der Waals surface area contributed by atoms with E-state index < -0.39 is 5.97 Å². The number of carbonyl (C=O) groups is 1. The van der Waals surface area contributed by atoms with Gasteiger partial charge < -0.3 is 9.84 Å². The molecule has 3 nitrogen and oxygen atoms in total. The number of allylic oxidation sites excluding steroid dienone is 1. The Morgan fingerprint density at radius 1 is 1.25 bits per heavy atom. The van der Waals surface area contributed by atoms with Crippen molar-refractivity contribution in [2.45, 2.75) is 20.8 Å². The van der Waals surface area contributed by atoms with Crippen LogP contribution in [0.3, 0.4) is 0 Å². The van der Waals surface area contributed by atoms with Crippen LogP contribution in [-0.4, -0.2) is 17.7 Å². The van der Waals surface area contributed by atoms with E-state index in [-0.39, 0.29) is 0 Å². The molecule has 16 heavy (non-hydrogen) atoms. The quantitative estimate of drug-likeness (QED) is 0.793. The first kappa shape index (κ1) is 12.3. The average molecular weight is 220 g/mol. The normalized spacial score (nSPS) is 9.69. The Morgan fingerprint density at radius 2 is 1.81 bits per heavy atom. The Kier molecular flexibility index (Phi) is 4.11. The molecule has 0 spiro atoms. The second-order valence-corrected chi connectivity index (χ2v) is 3.64. The largest absolute Gasteiger partial charge is 0.494 e. The van der Waals surface area contributed by atoms with Gasteiger partial charge in [-0.25, -0.2) is 4.79 Å². The molecule has 1 rings (SSSR count). The molecule has 0 amide bonds. The number of hydrogen-bond acceptors (Lipinski definition) is 2. The Bertz CT molecular complexity index is 398. The summed E-state index contributed by atoms with van der Waals surface area (Å²) in [6.07, 6.45) is 0. The lowest BCUT2D eigenvalue weighted by atomic mass is 10.0. The summed E-state index contributed by atoms with van der Waals surface area (Å²) in [5.41, 5.74) is 1.84. The zero-order chi connectivity index (χ0) is 12.1. The molecule has 1 N–H and O–H groups in total. The highest BCUT2D eigenvalue weighted by atomic mass is 16.5. The molecular formula is C13H16O3. The second-order valence-electron chi connectivity index (χ2n) is 3.64. The van der Waals surface area contributed by atoms with Gasteiger partial charge >= 0.3 is 5.97 Å². The Morgan fingerprint density at radius 3 is 2.19 bits per heavy atom. The molecule has 0 atom stereocenters. The van der Waals surface area contributed by atoms with Crippen LogP contribution < -0.4 is 4.74 Å².